The van der Waals surface area contributed by atoms with Gasteiger partial charge in [-0.25, -0.2) is 0 Å². The second kappa shape index (κ2) is 14.7. The van der Waals surface area contributed by atoms with Gasteiger partial charge in [-0.15, -0.1) is 0 Å². The van der Waals surface area contributed by atoms with Crippen LogP contribution in [0.25, 0.3) is 11.1 Å². The molecule has 0 aliphatic heterocycles. The largest absolute Gasteiger partial charge is 0.496 e. The summed E-state index contributed by atoms with van der Waals surface area (Å²) in [5.74, 6) is 1.09. The van der Waals surface area contributed by atoms with Gasteiger partial charge in [-0.3, -0.25) is 9.59 Å². The second-order valence-corrected chi connectivity index (χ2v) is 12.0. The summed E-state index contributed by atoms with van der Waals surface area (Å²) in [5, 5.41) is 6.27. The summed E-state index contributed by atoms with van der Waals surface area (Å²) in [6.45, 7) is 7.06. The third kappa shape index (κ3) is 8.26. The van der Waals surface area contributed by atoms with Gasteiger partial charge in [0, 0.05) is 42.6 Å². The summed E-state index contributed by atoms with van der Waals surface area (Å²) >= 11 is 1.45. The molecule has 0 aromatic heterocycles. The normalized spacial score (nSPS) is 11.0. The zero-order valence-corrected chi connectivity index (χ0v) is 26.9. The average molecular weight is 613 g/mol. The number of amides is 2. The van der Waals surface area contributed by atoms with Crippen molar-refractivity contribution >= 4 is 35.1 Å². The Bertz CT molecular complexity index is 1600. The minimum absolute atomic E-state index is 0.0172. The van der Waals surface area contributed by atoms with E-state index in [9.17, 15) is 9.59 Å². The van der Waals surface area contributed by atoms with Crippen LogP contribution in [-0.4, -0.2) is 56.6 Å². The summed E-state index contributed by atoms with van der Waals surface area (Å²) < 4.78 is 14.3. The molecule has 44 heavy (non-hydrogen) atoms. The molecule has 4 rings (SSSR count). The first kappa shape index (κ1) is 32.3. The highest BCUT2D eigenvalue weighted by atomic mass is 32.2. The Morgan fingerprint density at radius 1 is 0.773 bits per heavy atom. The number of nitrogens with zero attached hydrogens (tertiary/aromatic N) is 1. The predicted molar refractivity (Wildman–Crippen MR) is 180 cm³/mol. The van der Waals surface area contributed by atoms with E-state index < -0.39 is 0 Å². The number of ether oxygens (including phenoxy) is 2. The molecule has 0 bridgehead atoms. The summed E-state index contributed by atoms with van der Waals surface area (Å²) in [5.41, 5.74) is 4.63. The number of hydrogen-bond acceptors (Lipinski definition) is 7. The van der Waals surface area contributed by atoms with Crippen molar-refractivity contribution in [1.82, 2.24) is 10.2 Å². The van der Waals surface area contributed by atoms with Gasteiger partial charge in [-0.05, 0) is 98.4 Å². The second-order valence-electron chi connectivity index (χ2n) is 11.1. The van der Waals surface area contributed by atoms with E-state index in [1.165, 1.54) is 11.9 Å². The summed E-state index contributed by atoms with van der Waals surface area (Å²) in [6, 6.07) is 28.8. The minimum Gasteiger partial charge on any atom is -0.496 e. The molecule has 3 N–H and O–H groups in total. The van der Waals surface area contributed by atoms with E-state index in [0.29, 0.717) is 30.0 Å². The van der Waals surface area contributed by atoms with Crippen LogP contribution >= 0.6 is 11.9 Å². The number of carbonyl (C=O) groups is 2. The van der Waals surface area contributed by atoms with Gasteiger partial charge in [-0.1, -0.05) is 36.4 Å². The molecule has 0 fully saturated rings. The van der Waals surface area contributed by atoms with E-state index in [-0.39, 0.29) is 17.4 Å². The number of anilines is 2. The van der Waals surface area contributed by atoms with E-state index in [1.54, 1.807) is 31.3 Å². The molecule has 0 aliphatic carbocycles. The molecule has 9 heteroatoms. The number of hydrogen-bond donors (Lipinski definition) is 3. The standard InChI is InChI=1S/C35H40N4O4S/c1-35(2,3)39(4)34(41)26-12-9-11-24(21-26)25-17-18-31(43-6)32(22-25)44-38-28-14-10-13-27(23-28)36-19-20-37-33(40)29-15-7-8-16-30(29)42-5/h7-18,21-23,36,38H,19-20H2,1-6H3,(H,37,40). The number of methoxy groups -OCH3 is 2. The van der Waals surface area contributed by atoms with Gasteiger partial charge in [0.1, 0.15) is 11.5 Å². The molecule has 2 amide bonds. The fourth-order valence-electron chi connectivity index (χ4n) is 4.38. The average Bonchev–Trinajstić information content (AvgIpc) is 3.04. The first-order valence-corrected chi connectivity index (χ1v) is 15.2. The molecule has 0 heterocycles. The van der Waals surface area contributed by atoms with Crippen LogP contribution in [-0.2, 0) is 0 Å². The lowest BCUT2D eigenvalue weighted by Gasteiger charge is -2.32. The van der Waals surface area contributed by atoms with Crippen LogP contribution in [0.2, 0.25) is 0 Å². The molecule has 0 aliphatic rings. The van der Waals surface area contributed by atoms with E-state index in [0.717, 1.165) is 33.1 Å². The fourth-order valence-corrected chi connectivity index (χ4v) is 5.18. The third-order valence-electron chi connectivity index (χ3n) is 7.15. The van der Waals surface area contributed by atoms with Gasteiger partial charge in [0.25, 0.3) is 11.8 Å². The Morgan fingerprint density at radius 3 is 2.23 bits per heavy atom. The van der Waals surface area contributed by atoms with Crippen LogP contribution < -0.4 is 24.8 Å². The van der Waals surface area contributed by atoms with Crippen LogP contribution in [0.5, 0.6) is 11.5 Å². The number of rotatable bonds is 12. The molecule has 0 saturated heterocycles. The van der Waals surface area contributed by atoms with Crippen LogP contribution in [0.4, 0.5) is 11.4 Å². The number of para-hydroxylation sites is 1. The van der Waals surface area contributed by atoms with Crippen LogP contribution in [0, 0.1) is 0 Å². The van der Waals surface area contributed by atoms with Crippen molar-refractivity contribution in [2.75, 3.05) is 44.4 Å². The van der Waals surface area contributed by atoms with E-state index in [4.69, 9.17) is 9.47 Å². The lowest BCUT2D eigenvalue weighted by Crippen LogP contribution is -2.42. The van der Waals surface area contributed by atoms with Crippen molar-refractivity contribution in [2.24, 2.45) is 0 Å². The Balaban J connectivity index is 1.38. The molecular weight excluding hydrogens is 572 g/mol. The molecule has 0 saturated carbocycles. The van der Waals surface area contributed by atoms with Crippen molar-refractivity contribution in [2.45, 2.75) is 31.2 Å². The molecule has 4 aromatic rings. The zero-order chi connectivity index (χ0) is 31.7. The van der Waals surface area contributed by atoms with Crippen LogP contribution in [0.3, 0.4) is 0 Å². The van der Waals surface area contributed by atoms with Gasteiger partial charge in [0.15, 0.2) is 0 Å². The van der Waals surface area contributed by atoms with Crippen molar-refractivity contribution in [3.8, 4) is 22.6 Å². The summed E-state index contributed by atoms with van der Waals surface area (Å²) in [6.07, 6.45) is 0. The van der Waals surface area contributed by atoms with Gasteiger partial charge in [0.05, 0.1) is 24.7 Å². The Kier molecular flexibility index (Phi) is 10.8. The van der Waals surface area contributed by atoms with Gasteiger partial charge in [-0.2, -0.15) is 0 Å². The van der Waals surface area contributed by atoms with Gasteiger partial charge in [0.2, 0.25) is 0 Å². The number of carbonyl (C=O) groups excluding carboxylic acids is 2. The lowest BCUT2D eigenvalue weighted by atomic mass is 10.0. The minimum atomic E-state index is -0.275. The van der Waals surface area contributed by atoms with Crippen molar-refractivity contribution < 1.29 is 19.1 Å². The highest BCUT2D eigenvalue weighted by molar-refractivity contribution is 8.00. The lowest BCUT2D eigenvalue weighted by molar-refractivity contribution is 0.0655. The molecule has 4 aromatic carbocycles. The Morgan fingerprint density at radius 2 is 1.48 bits per heavy atom. The van der Waals surface area contributed by atoms with Gasteiger partial charge >= 0.3 is 0 Å². The van der Waals surface area contributed by atoms with Gasteiger partial charge < -0.3 is 29.7 Å². The van der Waals surface area contributed by atoms with Crippen molar-refractivity contribution in [3.05, 3.63) is 102 Å². The molecule has 0 unspecified atom stereocenters. The maximum atomic E-state index is 13.1. The number of benzene rings is 4. The third-order valence-corrected chi connectivity index (χ3v) is 8.03. The first-order chi connectivity index (χ1) is 21.1. The molecule has 230 valence electrons. The summed E-state index contributed by atoms with van der Waals surface area (Å²) in [4.78, 5) is 28.3. The molecule has 0 radical (unpaired) electrons. The maximum absolute atomic E-state index is 13.1. The summed E-state index contributed by atoms with van der Waals surface area (Å²) in [7, 11) is 5.03. The molecular formula is C35H40N4O4S. The smallest absolute Gasteiger partial charge is 0.255 e. The van der Waals surface area contributed by atoms with Crippen molar-refractivity contribution in [1.29, 1.82) is 0 Å². The van der Waals surface area contributed by atoms with Crippen LogP contribution in [0.15, 0.2) is 95.9 Å². The van der Waals surface area contributed by atoms with Crippen LogP contribution in [0.1, 0.15) is 41.5 Å². The Labute approximate surface area is 264 Å². The quantitative estimate of drug-likeness (QED) is 0.115. The fraction of sp³-hybridized carbons (Fsp3) is 0.257. The molecule has 8 nitrogen and oxygen atoms in total. The Hall–Kier alpha value is -4.63. The predicted octanol–water partition coefficient (Wildman–Crippen LogP) is 7.20. The SMILES string of the molecule is COc1ccc(-c2cccc(C(=O)N(C)C(C)(C)C)c2)cc1SNc1cccc(NCCNC(=O)c2ccccc2OC)c1. The highest BCUT2D eigenvalue weighted by Gasteiger charge is 2.23. The maximum Gasteiger partial charge on any atom is 0.255 e. The van der Waals surface area contributed by atoms with E-state index >= 15 is 0 Å². The zero-order valence-electron chi connectivity index (χ0n) is 26.1. The van der Waals surface area contributed by atoms with E-state index in [2.05, 4.69) is 21.4 Å². The monoisotopic (exact) mass is 612 g/mol. The molecule has 0 spiro atoms. The first-order valence-electron chi connectivity index (χ1n) is 14.4. The van der Waals surface area contributed by atoms with Crippen molar-refractivity contribution in [3.63, 3.8) is 0 Å². The molecule has 0 atom stereocenters. The highest BCUT2D eigenvalue weighted by Crippen LogP contribution is 2.35. The number of nitrogens with one attached hydrogen (secondary N) is 3. The van der Waals surface area contributed by atoms with E-state index in [1.807, 2.05) is 101 Å². The topological polar surface area (TPSA) is 91.9 Å².